The molecule has 1 atom stereocenters. The van der Waals surface area contributed by atoms with E-state index >= 15 is 0 Å². The van der Waals surface area contributed by atoms with Crippen molar-refractivity contribution in [3.8, 4) is 0 Å². The number of amides is 1. The van der Waals surface area contributed by atoms with E-state index in [1.54, 1.807) is 36.0 Å². The first kappa shape index (κ1) is 17.7. The number of thioether (sulfide) groups is 1. The number of nitrogens with one attached hydrogen (secondary N) is 1. The van der Waals surface area contributed by atoms with Crippen LogP contribution in [0, 0.1) is 11.6 Å². The summed E-state index contributed by atoms with van der Waals surface area (Å²) >= 11 is 1.55. The number of halogens is 2. The zero-order valence-corrected chi connectivity index (χ0v) is 15.2. The van der Waals surface area contributed by atoms with Crippen molar-refractivity contribution in [3.05, 3.63) is 101 Å². The van der Waals surface area contributed by atoms with Gasteiger partial charge in [0.15, 0.2) is 0 Å². The summed E-state index contributed by atoms with van der Waals surface area (Å²) in [6.45, 7) is 0. The van der Waals surface area contributed by atoms with Gasteiger partial charge < -0.3 is 5.32 Å². The summed E-state index contributed by atoms with van der Waals surface area (Å²) in [5.74, 6) is -0.774. The van der Waals surface area contributed by atoms with Gasteiger partial charge in [0.2, 0.25) is 5.91 Å². The standard InChI is InChI=1S/C22H17F2NOS/c23-17-9-5-14(6-10-17)21(15-7-11-18(24)12-8-15)25-22(26)20-13-16-3-1-2-4-19(16)27-20/h1-12,20-21H,13H2,(H,25,26). The topological polar surface area (TPSA) is 29.1 Å². The molecule has 136 valence electrons. The Morgan fingerprint density at radius 1 is 0.889 bits per heavy atom. The van der Waals surface area contributed by atoms with Gasteiger partial charge >= 0.3 is 0 Å². The van der Waals surface area contributed by atoms with E-state index in [0.717, 1.165) is 16.0 Å². The molecule has 1 N–H and O–H groups in total. The highest BCUT2D eigenvalue weighted by Crippen LogP contribution is 2.37. The molecule has 0 fully saturated rings. The maximum absolute atomic E-state index is 13.3. The van der Waals surface area contributed by atoms with Gasteiger partial charge in [0.1, 0.15) is 11.6 Å². The Bertz CT molecular complexity index is 886. The molecule has 2 nitrogen and oxygen atoms in total. The third kappa shape index (κ3) is 3.88. The van der Waals surface area contributed by atoms with E-state index in [4.69, 9.17) is 0 Å². The quantitative estimate of drug-likeness (QED) is 0.697. The number of rotatable bonds is 4. The van der Waals surface area contributed by atoms with Crippen LogP contribution in [0.4, 0.5) is 8.78 Å². The fourth-order valence-corrected chi connectivity index (χ4v) is 4.44. The summed E-state index contributed by atoms with van der Waals surface area (Å²) in [6.07, 6.45) is 0.673. The monoisotopic (exact) mass is 381 g/mol. The predicted molar refractivity (Wildman–Crippen MR) is 103 cm³/mol. The highest BCUT2D eigenvalue weighted by atomic mass is 32.2. The fraction of sp³-hybridized carbons (Fsp3) is 0.136. The van der Waals surface area contributed by atoms with Crippen molar-refractivity contribution in [2.45, 2.75) is 22.6 Å². The summed E-state index contributed by atoms with van der Waals surface area (Å²) in [4.78, 5) is 14.0. The molecule has 3 aromatic carbocycles. The maximum Gasteiger partial charge on any atom is 0.234 e. The molecule has 0 radical (unpaired) electrons. The van der Waals surface area contributed by atoms with Crippen LogP contribution in [-0.4, -0.2) is 11.2 Å². The molecule has 1 aliphatic heterocycles. The highest BCUT2D eigenvalue weighted by molar-refractivity contribution is 8.01. The van der Waals surface area contributed by atoms with E-state index in [9.17, 15) is 13.6 Å². The second-order valence-corrected chi connectivity index (χ2v) is 7.71. The lowest BCUT2D eigenvalue weighted by atomic mass is 9.98. The number of carbonyl (C=O) groups is 1. The zero-order valence-electron chi connectivity index (χ0n) is 14.4. The van der Waals surface area contributed by atoms with Crippen LogP contribution in [0.25, 0.3) is 0 Å². The van der Waals surface area contributed by atoms with Crippen LogP contribution in [0.5, 0.6) is 0 Å². The average molecular weight is 381 g/mol. The van der Waals surface area contributed by atoms with Gasteiger partial charge in [-0.1, -0.05) is 42.5 Å². The van der Waals surface area contributed by atoms with Crippen molar-refractivity contribution in [3.63, 3.8) is 0 Å². The minimum Gasteiger partial charge on any atom is -0.344 e. The Kier molecular flexibility index (Phi) is 4.94. The highest BCUT2D eigenvalue weighted by Gasteiger charge is 2.30. The van der Waals surface area contributed by atoms with E-state index in [-0.39, 0.29) is 22.8 Å². The fourth-order valence-electron chi connectivity index (χ4n) is 3.23. The third-order valence-electron chi connectivity index (χ3n) is 4.63. The second kappa shape index (κ2) is 7.53. The van der Waals surface area contributed by atoms with Crippen LogP contribution in [0.3, 0.4) is 0 Å². The van der Waals surface area contributed by atoms with Gasteiger partial charge in [-0.25, -0.2) is 8.78 Å². The molecular formula is C22H17F2NOS. The Hall–Kier alpha value is -2.66. The Morgan fingerprint density at radius 3 is 2.00 bits per heavy atom. The van der Waals surface area contributed by atoms with Crippen LogP contribution in [0.15, 0.2) is 77.7 Å². The first-order valence-corrected chi connectivity index (χ1v) is 9.54. The molecule has 1 amide bonds. The van der Waals surface area contributed by atoms with Gasteiger partial charge in [0, 0.05) is 4.90 Å². The number of carbonyl (C=O) groups excluding carboxylic acids is 1. The van der Waals surface area contributed by atoms with Crippen molar-refractivity contribution in [2.24, 2.45) is 0 Å². The molecule has 1 aliphatic rings. The molecular weight excluding hydrogens is 364 g/mol. The molecule has 0 spiro atoms. The van der Waals surface area contributed by atoms with Crippen LogP contribution in [0.2, 0.25) is 0 Å². The lowest BCUT2D eigenvalue weighted by molar-refractivity contribution is -0.121. The van der Waals surface area contributed by atoms with Gasteiger partial charge in [0.05, 0.1) is 11.3 Å². The maximum atomic E-state index is 13.3. The van der Waals surface area contributed by atoms with E-state index in [2.05, 4.69) is 5.32 Å². The van der Waals surface area contributed by atoms with Crippen molar-refractivity contribution in [1.29, 1.82) is 0 Å². The number of hydrogen-bond donors (Lipinski definition) is 1. The van der Waals surface area contributed by atoms with E-state index in [1.165, 1.54) is 29.8 Å². The smallest absolute Gasteiger partial charge is 0.234 e. The molecule has 0 aromatic heterocycles. The molecule has 4 rings (SSSR count). The van der Waals surface area contributed by atoms with Gasteiger partial charge in [-0.15, -0.1) is 11.8 Å². The van der Waals surface area contributed by atoms with Gasteiger partial charge in [-0.2, -0.15) is 0 Å². The summed E-state index contributed by atoms with van der Waals surface area (Å²) in [7, 11) is 0. The van der Waals surface area contributed by atoms with Crippen molar-refractivity contribution >= 4 is 17.7 Å². The largest absolute Gasteiger partial charge is 0.344 e. The molecule has 0 saturated carbocycles. The SMILES string of the molecule is O=C(NC(c1ccc(F)cc1)c1ccc(F)cc1)C1Cc2ccccc2S1. The van der Waals surface area contributed by atoms with Gasteiger partial charge in [-0.3, -0.25) is 4.79 Å². The minimum absolute atomic E-state index is 0.0881. The molecule has 5 heteroatoms. The lowest BCUT2D eigenvalue weighted by Crippen LogP contribution is -2.36. The molecule has 0 aliphatic carbocycles. The van der Waals surface area contributed by atoms with Crippen LogP contribution >= 0.6 is 11.8 Å². The molecule has 3 aromatic rings. The summed E-state index contributed by atoms with van der Waals surface area (Å²) in [6, 6.07) is 19.5. The van der Waals surface area contributed by atoms with Crippen LogP contribution < -0.4 is 5.32 Å². The first-order valence-electron chi connectivity index (χ1n) is 8.66. The summed E-state index contributed by atoms with van der Waals surface area (Å²) in [5.41, 5.74) is 2.66. The van der Waals surface area contributed by atoms with Gasteiger partial charge in [-0.05, 0) is 53.4 Å². The zero-order chi connectivity index (χ0) is 18.8. The van der Waals surface area contributed by atoms with E-state index < -0.39 is 6.04 Å². The molecule has 0 saturated heterocycles. The molecule has 27 heavy (non-hydrogen) atoms. The second-order valence-electron chi connectivity index (χ2n) is 6.46. The number of fused-ring (bicyclic) bond motifs is 1. The Labute approximate surface area is 160 Å². The Morgan fingerprint density at radius 2 is 1.44 bits per heavy atom. The van der Waals surface area contributed by atoms with Crippen molar-refractivity contribution in [1.82, 2.24) is 5.32 Å². The lowest BCUT2D eigenvalue weighted by Gasteiger charge is -2.22. The molecule has 1 unspecified atom stereocenters. The number of hydrogen-bond acceptors (Lipinski definition) is 2. The minimum atomic E-state index is -0.469. The van der Waals surface area contributed by atoms with Crippen molar-refractivity contribution < 1.29 is 13.6 Å². The summed E-state index contributed by atoms with van der Waals surface area (Å²) < 4.78 is 26.6. The first-order chi connectivity index (χ1) is 13.1. The normalized spacial score (nSPS) is 15.6. The Balaban J connectivity index is 1.58. The van der Waals surface area contributed by atoms with Gasteiger partial charge in [0.25, 0.3) is 0 Å². The summed E-state index contributed by atoms with van der Waals surface area (Å²) in [5, 5.41) is 2.84. The van der Waals surface area contributed by atoms with Crippen LogP contribution in [0.1, 0.15) is 22.7 Å². The molecule has 0 bridgehead atoms. The van der Waals surface area contributed by atoms with Crippen LogP contribution in [-0.2, 0) is 11.2 Å². The predicted octanol–water partition coefficient (Wildman–Crippen LogP) is 4.89. The van der Waals surface area contributed by atoms with Crippen molar-refractivity contribution in [2.75, 3.05) is 0 Å². The third-order valence-corrected chi connectivity index (χ3v) is 5.95. The number of benzene rings is 3. The van der Waals surface area contributed by atoms with E-state index in [1.807, 2.05) is 24.3 Å². The average Bonchev–Trinajstić information content (AvgIpc) is 3.12. The molecule has 1 heterocycles. The van der Waals surface area contributed by atoms with E-state index in [0.29, 0.717) is 6.42 Å².